The van der Waals surface area contributed by atoms with Gasteiger partial charge in [-0.1, -0.05) is 19.1 Å². The molecule has 0 amide bonds. The Hall–Kier alpha value is -0.640. The van der Waals surface area contributed by atoms with Gasteiger partial charge in [0.15, 0.2) is 0 Å². The molecule has 0 bridgehead atoms. The number of halogens is 2. The fraction of sp³-hybridized carbons (Fsp3) is 0.600. The molecular formula is C15H24ClFN2. The minimum atomic E-state index is -0.163. The highest BCUT2D eigenvalue weighted by atomic mass is 35.5. The van der Waals surface area contributed by atoms with Gasteiger partial charge in [-0.05, 0) is 49.4 Å². The number of hydrogen-bond donors (Lipinski definition) is 1. The Morgan fingerprint density at radius 2 is 1.95 bits per heavy atom. The van der Waals surface area contributed by atoms with Crippen molar-refractivity contribution in [3.8, 4) is 0 Å². The van der Waals surface area contributed by atoms with Gasteiger partial charge in [0.1, 0.15) is 5.82 Å². The third kappa shape index (κ3) is 4.44. The lowest BCUT2D eigenvalue weighted by molar-refractivity contribution is 0.300. The van der Waals surface area contributed by atoms with Gasteiger partial charge < -0.3 is 10.6 Å². The maximum absolute atomic E-state index is 12.9. The zero-order valence-electron chi connectivity index (χ0n) is 11.7. The molecule has 108 valence electrons. The predicted octanol–water partition coefficient (Wildman–Crippen LogP) is 3.02. The fourth-order valence-electron chi connectivity index (χ4n) is 2.74. The van der Waals surface area contributed by atoms with Crippen molar-refractivity contribution >= 4 is 12.4 Å². The SMILES string of the molecule is CC(CN1CCC(C(C)N)C1)c1ccc(F)cc1.Cl. The molecule has 1 aromatic carbocycles. The van der Waals surface area contributed by atoms with E-state index in [2.05, 4.69) is 18.7 Å². The molecule has 0 aliphatic carbocycles. The van der Waals surface area contributed by atoms with E-state index in [1.165, 1.54) is 12.0 Å². The summed E-state index contributed by atoms with van der Waals surface area (Å²) in [5.74, 6) is 0.909. The van der Waals surface area contributed by atoms with Crippen LogP contribution in [-0.4, -0.2) is 30.6 Å². The zero-order chi connectivity index (χ0) is 13.1. The average Bonchev–Trinajstić information content (AvgIpc) is 2.78. The quantitative estimate of drug-likeness (QED) is 0.922. The molecule has 0 spiro atoms. The van der Waals surface area contributed by atoms with Crippen LogP contribution in [0.2, 0.25) is 0 Å². The van der Waals surface area contributed by atoms with E-state index in [0.717, 1.165) is 19.6 Å². The lowest BCUT2D eigenvalue weighted by Gasteiger charge is -2.22. The number of nitrogens with two attached hydrogens (primary N) is 1. The lowest BCUT2D eigenvalue weighted by Crippen LogP contribution is -2.31. The molecule has 1 aliphatic rings. The Balaban J connectivity index is 0.00000180. The van der Waals surface area contributed by atoms with Crippen LogP contribution in [0.25, 0.3) is 0 Å². The molecule has 3 atom stereocenters. The molecule has 3 unspecified atom stereocenters. The summed E-state index contributed by atoms with van der Waals surface area (Å²) in [7, 11) is 0. The van der Waals surface area contributed by atoms with Crippen LogP contribution < -0.4 is 5.73 Å². The highest BCUT2D eigenvalue weighted by Gasteiger charge is 2.26. The van der Waals surface area contributed by atoms with Gasteiger partial charge in [0.2, 0.25) is 0 Å². The lowest BCUT2D eigenvalue weighted by atomic mass is 10.0. The molecule has 1 aliphatic heterocycles. The smallest absolute Gasteiger partial charge is 0.123 e. The zero-order valence-corrected chi connectivity index (χ0v) is 12.5. The van der Waals surface area contributed by atoms with Crippen molar-refractivity contribution < 1.29 is 4.39 Å². The molecule has 1 fully saturated rings. The van der Waals surface area contributed by atoms with Crippen LogP contribution in [0, 0.1) is 11.7 Å². The third-order valence-corrected chi connectivity index (χ3v) is 4.02. The molecule has 2 rings (SSSR count). The summed E-state index contributed by atoms with van der Waals surface area (Å²) in [6.07, 6.45) is 1.20. The van der Waals surface area contributed by atoms with E-state index in [1.807, 2.05) is 12.1 Å². The fourth-order valence-corrected chi connectivity index (χ4v) is 2.74. The second kappa shape index (κ2) is 7.22. The van der Waals surface area contributed by atoms with Crippen molar-refractivity contribution in [2.24, 2.45) is 11.7 Å². The second-order valence-electron chi connectivity index (χ2n) is 5.62. The van der Waals surface area contributed by atoms with Crippen molar-refractivity contribution in [2.75, 3.05) is 19.6 Å². The van der Waals surface area contributed by atoms with E-state index >= 15 is 0 Å². The minimum Gasteiger partial charge on any atom is -0.328 e. The van der Waals surface area contributed by atoms with Crippen molar-refractivity contribution in [1.29, 1.82) is 0 Å². The van der Waals surface area contributed by atoms with Crippen LogP contribution in [0.15, 0.2) is 24.3 Å². The number of rotatable bonds is 4. The first-order valence-electron chi connectivity index (χ1n) is 6.79. The summed E-state index contributed by atoms with van der Waals surface area (Å²) in [5, 5.41) is 0. The minimum absolute atomic E-state index is 0. The van der Waals surface area contributed by atoms with Gasteiger partial charge in [-0.25, -0.2) is 4.39 Å². The van der Waals surface area contributed by atoms with Gasteiger partial charge in [0.05, 0.1) is 0 Å². The van der Waals surface area contributed by atoms with Crippen LogP contribution in [0.1, 0.15) is 31.7 Å². The normalized spacial score (nSPS) is 22.8. The van der Waals surface area contributed by atoms with Gasteiger partial charge in [-0.3, -0.25) is 0 Å². The average molecular weight is 287 g/mol. The molecule has 2 N–H and O–H groups in total. The van der Waals surface area contributed by atoms with E-state index in [4.69, 9.17) is 5.73 Å². The van der Waals surface area contributed by atoms with E-state index in [1.54, 1.807) is 12.1 Å². The standard InChI is InChI=1S/C15H23FN2.ClH/c1-11(13-3-5-15(16)6-4-13)9-18-8-7-14(10-18)12(2)17;/h3-6,11-12,14H,7-10,17H2,1-2H3;1H. The highest BCUT2D eigenvalue weighted by Crippen LogP contribution is 2.23. The summed E-state index contributed by atoms with van der Waals surface area (Å²) in [6.45, 7) is 7.57. The summed E-state index contributed by atoms with van der Waals surface area (Å²) >= 11 is 0. The first-order chi connectivity index (χ1) is 8.56. The second-order valence-corrected chi connectivity index (χ2v) is 5.62. The first-order valence-corrected chi connectivity index (χ1v) is 6.79. The first kappa shape index (κ1) is 16.4. The Labute approximate surface area is 121 Å². The van der Waals surface area contributed by atoms with E-state index in [-0.39, 0.29) is 24.3 Å². The van der Waals surface area contributed by atoms with Crippen LogP contribution in [-0.2, 0) is 0 Å². The summed E-state index contributed by atoms with van der Waals surface area (Å²) < 4.78 is 12.9. The molecule has 1 aromatic rings. The molecular weight excluding hydrogens is 263 g/mol. The van der Waals surface area contributed by atoms with Gasteiger partial charge >= 0.3 is 0 Å². The number of hydrogen-bond acceptors (Lipinski definition) is 2. The Bertz CT molecular complexity index is 380. The molecule has 1 saturated heterocycles. The molecule has 4 heteroatoms. The van der Waals surface area contributed by atoms with Gasteiger partial charge in [-0.2, -0.15) is 0 Å². The summed E-state index contributed by atoms with van der Waals surface area (Å²) in [5.41, 5.74) is 7.16. The highest BCUT2D eigenvalue weighted by molar-refractivity contribution is 5.85. The van der Waals surface area contributed by atoms with Crippen molar-refractivity contribution in [3.63, 3.8) is 0 Å². The molecule has 0 aromatic heterocycles. The van der Waals surface area contributed by atoms with Gasteiger partial charge in [-0.15, -0.1) is 12.4 Å². The van der Waals surface area contributed by atoms with Crippen molar-refractivity contribution in [1.82, 2.24) is 4.90 Å². The van der Waals surface area contributed by atoms with Crippen molar-refractivity contribution in [2.45, 2.75) is 32.2 Å². The Morgan fingerprint density at radius 1 is 1.32 bits per heavy atom. The maximum Gasteiger partial charge on any atom is 0.123 e. The molecule has 1 heterocycles. The molecule has 19 heavy (non-hydrogen) atoms. The Kier molecular flexibility index (Phi) is 6.24. The predicted molar refractivity (Wildman–Crippen MR) is 80.3 cm³/mol. The largest absolute Gasteiger partial charge is 0.328 e. The summed E-state index contributed by atoms with van der Waals surface area (Å²) in [4.78, 5) is 2.47. The van der Waals surface area contributed by atoms with Crippen LogP contribution in [0.4, 0.5) is 4.39 Å². The van der Waals surface area contributed by atoms with E-state index < -0.39 is 0 Å². The maximum atomic E-state index is 12.9. The number of likely N-dealkylation sites (tertiary alicyclic amines) is 1. The monoisotopic (exact) mass is 286 g/mol. The summed E-state index contributed by atoms with van der Waals surface area (Å²) in [6, 6.07) is 7.15. The topological polar surface area (TPSA) is 29.3 Å². The van der Waals surface area contributed by atoms with Crippen LogP contribution in [0.3, 0.4) is 0 Å². The third-order valence-electron chi connectivity index (χ3n) is 4.02. The molecule has 0 saturated carbocycles. The van der Waals surface area contributed by atoms with Crippen LogP contribution in [0.5, 0.6) is 0 Å². The molecule has 0 radical (unpaired) electrons. The van der Waals surface area contributed by atoms with Gasteiger partial charge in [0, 0.05) is 19.1 Å². The number of nitrogens with zero attached hydrogens (tertiary/aromatic N) is 1. The van der Waals surface area contributed by atoms with Crippen molar-refractivity contribution in [3.05, 3.63) is 35.6 Å². The number of benzene rings is 1. The molecule has 2 nitrogen and oxygen atoms in total. The van der Waals surface area contributed by atoms with E-state index in [9.17, 15) is 4.39 Å². The van der Waals surface area contributed by atoms with Gasteiger partial charge in [0.25, 0.3) is 0 Å². The van der Waals surface area contributed by atoms with Crippen LogP contribution >= 0.6 is 12.4 Å². The van der Waals surface area contributed by atoms with E-state index in [0.29, 0.717) is 11.8 Å². The Morgan fingerprint density at radius 3 is 2.47 bits per heavy atom.